The SMILES string of the molecule is Cc1cccc(F)c1CC(=O)c1cc2c(s1)-c1ccccc1N(C(=O)c1ccc([N+](=O)[O-])cc1)CC2. The Morgan fingerprint density at radius 1 is 1.06 bits per heavy atom. The van der Waals surface area contributed by atoms with Gasteiger partial charge in [0.2, 0.25) is 0 Å². The van der Waals surface area contributed by atoms with Crippen molar-refractivity contribution in [3.8, 4) is 10.4 Å². The first-order valence-corrected chi connectivity index (χ1v) is 12.2. The van der Waals surface area contributed by atoms with Gasteiger partial charge in [-0.3, -0.25) is 19.7 Å². The van der Waals surface area contributed by atoms with Crippen molar-refractivity contribution in [1.29, 1.82) is 0 Å². The Morgan fingerprint density at radius 2 is 1.81 bits per heavy atom. The molecule has 0 N–H and O–H groups in total. The van der Waals surface area contributed by atoms with E-state index < -0.39 is 4.92 Å². The number of para-hydroxylation sites is 1. The number of Topliss-reactive ketones (excluding diaryl/α,β-unsaturated/α-hetero) is 1. The lowest BCUT2D eigenvalue weighted by Crippen LogP contribution is -2.32. The van der Waals surface area contributed by atoms with Crippen LogP contribution in [0.4, 0.5) is 15.8 Å². The minimum atomic E-state index is -0.500. The van der Waals surface area contributed by atoms with Crippen molar-refractivity contribution in [2.45, 2.75) is 19.8 Å². The lowest BCUT2D eigenvalue weighted by Gasteiger charge is -2.23. The van der Waals surface area contributed by atoms with Crippen LogP contribution >= 0.6 is 11.3 Å². The van der Waals surface area contributed by atoms with Gasteiger partial charge in [0.15, 0.2) is 5.78 Å². The van der Waals surface area contributed by atoms with Crippen LogP contribution in [-0.2, 0) is 12.8 Å². The van der Waals surface area contributed by atoms with Gasteiger partial charge in [-0.1, -0.05) is 30.3 Å². The second-order valence-electron chi connectivity index (χ2n) is 8.63. The number of aryl methyl sites for hydroxylation is 1. The predicted octanol–water partition coefficient (Wildman–Crippen LogP) is 6.40. The molecule has 8 heteroatoms. The van der Waals surface area contributed by atoms with Crippen molar-refractivity contribution in [3.05, 3.63) is 116 Å². The Bertz CT molecular complexity index is 1490. The summed E-state index contributed by atoms with van der Waals surface area (Å²) in [5.41, 5.74) is 3.94. The maximum atomic E-state index is 14.3. The van der Waals surface area contributed by atoms with Crippen molar-refractivity contribution in [2.75, 3.05) is 11.4 Å². The van der Waals surface area contributed by atoms with E-state index in [1.54, 1.807) is 24.0 Å². The van der Waals surface area contributed by atoms with E-state index in [1.807, 2.05) is 30.3 Å². The molecule has 0 aliphatic carbocycles. The number of ketones is 1. The Morgan fingerprint density at radius 3 is 2.53 bits per heavy atom. The van der Waals surface area contributed by atoms with Crippen LogP contribution in [0.15, 0.2) is 72.8 Å². The molecule has 0 saturated heterocycles. The number of nitro benzene ring substituents is 1. The fraction of sp³-hybridized carbons (Fsp3) is 0.143. The summed E-state index contributed by atoms with van der Waals surface area (Å²) in [5.74, 6) is -0.774. The van der Waals surface area contributed by atoms with E-state index in [-0.39, 0.29) is 29.6 Å². The predicted molar refractivity (Wildman–Crippen MR) is 137 cm³/mol. The largest absolute Gasteiger partial charge is 0.307 e. The number of anilines is 1. The molecule has 2 heterocycles. The summed E-state index contributed by atoms with van der Waals surface area (Å²) in [6.07, 6.45) is 0.523. The van der Waals surface area contributed by atoms with E-state index in [0.717, 1.165) is 21.6 Å². The first-order chi connectivity index (χ1) is 17.3. The van der Waals surface area contributed by atoms with Crippen molar-refractivity contribution in [2.24, 2.45) is 0 Å². The zero-order chi connectivity index (χ0) is 25.4. The maximum Gasteiger partial charge on any atom is 0.269 e. The van der Waals surface area contributed by atoms with Crippen molar-refractivity contribution in [1.82, 2.24) is 0 Å². The minimum absolute atomic E-state index is 0.00962. The molecule has 0 saturated carbocycles. The molecule has 0 atom stereocenters. The van der Waals surface area contributed by atoms with E-state index in [2.05, 4.69) is 0 Å². The van der Waals surface area contributed by atoms with Gasteiger partial charge in [-0.2, -0.15) is 0 Å². The van der Waals surface area contributed by atoms with E-state index in [0.29, 0.717) is 34.7 Å². The molecule has 0 unspecified atom stereocenters. The van der Waals surface area contributed by atoms with Gasteiger partial charge in [0.1, 0.15) is 5.82 Å². The number of hydrogen-bond donors (Lipinski definition) is 0. The highest BCUT2D eigenvalue weighted by Crippen LogP contribution is 2.42. The van der Waals surface area contributed by atoms with Crippen LogP contribution < -0.4 is 4.90 Å². The average molecular weight is 501 g/mol. The molecule has 180 valence electrons. The molecule has 1 aliphatic heterocycles. The maximum absolute atomic E-state index is 14.3. The van der Waals surface area contributed by atoms with Gasteiger partial charge in [-0.15, -0.1) is 11.3 Å². The molecular weight excluding hydrogens is 479 g/mol. The first kappa shape index (κ1) is 23.6. The van der Waals surface area contributed by atoms with Gasteiger partial charge < -0.3 is 4.90 Å². The number of halogens is 1. The summed E-state index contributed by atoms with van der Waals surface area (Å²) in [4.78, 5) is 40.1. The average Bonchev–Trinajstić information content (AvgIpc) is 3.24. The van der Waals surface area contributed by atoms with Gasteiger partial charge in [0.05, 0.1) is 15.5 Å². The molecular formula is C28H21FN2O4S. The van der Waals surface area contributed by atoms with E-state index in [4.69, 9.17) is 0 Å². The van der Waals surface area contributed by atoms with Gasteiger partial charge in [0, 0.05) is 41.1 Å². The van der Waals surface area contributed by atoms with Crippen molar-refractivity contribution in [3.63, 3.8) is 0 Å². The van der Waals surface area contributed by atoms with Crippen molar-refractivity contribution >= 4 is 34.4 Å². The number of carbonyl (C=O) groups is 2. The molecule has 0 radical (unpaired) electrons. The fourth-order valence-electron chi connectivity index (χ4n) is 4.46. The molecule has 1 aliphatic rings. The van der Waals surface area contributed by atoms with E-state index in [1.165, 1.54) is 41.7 Å². The lowest BCUT2D eigenvalue weighted by molar-refractivity contribution is -0.384. The molecule has 5 rings (SSSR count). The molecule has 0 fully saturated rings. The molecule has 3 aromatic carbocycles. The molecule has 1 amide bonds. The zero-order valence-electron chi connectivity index (χ0n) is 19.4. The Labute approximate surface area is 210 Å². The fourth-order valence-corrected chi connectivity index (χ4v) is 5.65. The summed E-state index contributed by atoms with van der Waals surface area (Å²) >= 11 is 1.36. The summed E-state index contributed by atoms with van der Waals surface area (Å²) < 4.78 is 14.3. The van der Waals surface area contributed by atoms with Gasteiger partial charge in [0.25, 0.3) is 11.6 Å². The van der Waals surface area contributed by atoms with Crippen LogP contribution in [-0.4, -0.2) is 23.2 Å². The number of thiophene rings is 1. The third-order valence-electron chi connectivity index (χ3n) is 6.39. The van der Waals surface area contributed by atoms with Gasteiger partial charge in [-0.25, -0.2) is 4.39 Å². The third kappa shape index (κ3) is 4.31. The van der Waals surface area contributed by atoms with E-state index in [9.17, 15) is 24.1 Å². The molecule has 0 bridgehead atoms. The summed E-state index contributed by atoms with van der Waals surface area (Å²) in [6, 6.07) is 19.7. The normalized spacial score (nSPS) is 12.4. The second-order valence-corrected chi connectivity index (χ2v) is 9.68. The first-order valence-electron chi connectivity index (χ1n) is 11.4. The number of carbonyl (C=O) groups excluding carboxylic acids is 2. The number of nitro groups is 1. The molecule has 4 aromatic rings. The van der Waals surface area contributed by atoms with Crippen LogP contribution in [0.5, 0.6) is 0 Å². The molecule has 1 aromatic heterocycles. The quantitative estimate of drug-likeness (QED) is 0.180. The summed E-state index contributed by atoms with van der Waals surface area (Å²) in [6.45, 7) is 2.18. The summed E-state index contributed by atoms with van der Waals surface area (Å²) in [7, 11) is 0. The van der Waals surface area contributed by atoms with Crippen LogP contribution in [0.3, 0.4) is 0 Å². The number of fused-ring (bicyclic) bond motifs is 3. The third-order valence-corrected chi connectivity index (χ3v) is 7.64. The highest BCUT2D eigenvalue weighted by Gasteiger charge is 2.28. The van der Waals surface area contributed by atoms with E-state index >= 15 is 0 Å². The number of hydrogen-bond acceptors (Lipinski definition) is 5. The summed E-state index contributed by atoms with van der Waals surface area (Å²) in [5, 5.41) is 11.0. The van der Waals surface area contributed by atoms with Crippen LogP contribution in [0, 0.1) is 22.9 Å². The number of benzene rings is 3. The second kappa shape index (κ2) is 9.47. The smallest absolute Gasteiger partial charge is 0.269 e. The monoisotopic (exact) mass is 500 g/mol. The van der Waals surface area contributed by atoms with Gasteiger partial charge in [-0.05, 0) is 60.4 Å². The molecule has 0 spiro atoms. The number of non-ortho nitro benzene ring substituents is 1. The number of amides is 1. The molecule has 36 heavy (non-hydrogen) atoms. The minimum Gasteiger partial charge on any atom is -0.307 e. The highest BCUT2D eigenvalue weighted by atomic mass is 32.1. The van der Waals surface area contributed by atoms with Crippen molar-refractivity contribution < 1.29 is 18.9 Å². The molecule has 6 nitrogen and oxygen atoms in total. The van der Waals surface area contributed by atoms with Crippen LogP contribution in [0.2, 0.25) is 0 Å². The Hall–Kier alpha value is -4.17. The van der Waals surface area contributed by atoms with Crippen LogP contribution in [0.25, 0.3) is 10.4 Å². The standard InChI is InChI=1S/C28H21FN2O4S/c1-17-5-4-7-23(29)22(17)16-25(32)26-15-19-13-14-30(24-8-3-2-6-21(24)27(19)36-26)28(33)18-9-11-20(12-10-18)31(34)35/h2-12,15H,13-14,16H2,1H3. The lowest BCUT2D eigenvalue weighted by atomic mass is 10.0. The topological polar surface area (TPSA) is 80.5 Å². The Balaban J connectivity index is 1.47. The Kier molecular flexibility index (Phi) is 6.20. The highest BCUT2D eigenvalue weighted by molar-refractivity contribution is 7.17. The number of rotatable bonds is 5. The number of nitrogens with zero attached hydrogens (tertiary/aromatic N) is 2. The zero-order valence-corrected chi connectivity index (χ0v) is 20.2. The van der Waals surface area contributed by atoms with Gasteiger partial charge >= 0.3 is 0 Å². The van der Waals surface area contributed by atoms with Crippen LogP contribution in [0.1, 0.15) is 36.7 Å².